The quantitative estimate of drug-likeness (QED) is 0.0579. The number of aryl methyl sites for hydroxylation is 2. The SMILES string of the molecule is CCN(CCOC(=O)CCc1cc(C(C)(C)C)c(O)c(C(C)(C)C)c1)c1ccc(C(=C2C=CC(=[N+](CC)CCOC(=O)CCc3cc(C(C)(C)C)c(O)c(C(C)(C)C)c3)C=C2)c2c(-c3ccc(F)cc3)n(Cc3ccccc3)c3ccccc23)cc1. The van der Waals surface area contributed by atoms with E-state index in [0.717, 1.165) is 94.8 Å². The maximum absolute atomic E-state index is 14.9. The first-order valence-electron chi connectivity index (χ1n) is 30.7. The van der Waals surface area contributed by atoms with Gasteiger partial charge >= 0.3 is 11.9 Å². The van der Waals surface area contributed by atoms with Gasteiger partial charge in [0.15, 0.2) is 12.3 Å². The molecule has 7 aromatic rings. The van der Waals surface area contributed by atoms with Crippen LogP contribution in [0.25, 0.3) is 27.7 Å². The summed E-state index contributed by atoms with van der Waals surface area (Å²) in [7, 11) is 0. The summed E-state index contributed by atoms with van der Waals surface area (Å²) in [6.45, 7) is 32.7. The lowest BCUT2D eigenvalue weighted by Gasteiger charge is -2.28. The summed E-state index contributed by atoms with van der Waals surface area (Å²) in [5, 5.41) is 23.6. The lowest BCUT2D eigenvalue weighted by molar-refractivity contribution is -0.524. The Kier molecular flexibility index (Phi) is 19.9. The number of rotatable bonds is 20. The lowest BCUT2D eigenvalue weighted by atomic mass is 9.78. The number of para-hydroxylation sites is 1. The maximum Gasteiger partial charge on any atom is 0.306 e. The molecule has 0 fully saturated rings. The van der Waals surface area contributed by atoms with Crippen molar-refractivity contribution in [3.63, 3.8) is 0 Å². The van der Waals surface area contributed by atoms with E-state index in [1.807, 2.05) is 42.5 Å². The van der Waals surface area contributed by atoms with E-state index in [1.165, 1.54) is 12.1 Å². The van der Waals surface area contributed by atoms with Crippen LogP contribution in [0.2, 0.25) is 0 Å². The Morgan fingerprint density at radius 1 is 0.581 bits per heavy atom. The molecule has 1 aromatic heterocycles. The molecule has 0 saturated heterocycles. The van der Waals surface area contributed by atoms with Crippen LogP contribution in [0.4, 0.5) is 10.1 Å². The molecule has 0 atom stereocenters. The molecule has 0 aliphatic heterocycles. The standard InChI is InChI=1S/C76H90FN3O6/c1-15-78(42-44-85-66(81)40-26-52-46-61(73(3,4)5)71(83)62(47-52)74(6,7)8)58-36-30-54(31-37-58)68(69-60-24-20-21-25-65(60)80(50-51-22-18-17-19-23-51)70(69)56-28-34-57(77)35-29-56)55-32-38-59(39-33-55)79(16-2)43-45-86-67(82)41-27-53-48-63(75(9,10)11)72(84)64(49-53)76(12,13)14/h17-25,28-39,46-49H,15-16,26-27,40-45,50H2,1-14H3,(H-,83,84)/p+1. The highest BCUT2D eigenvalue weighted by Gasteiger charge is 2.30. The second-order valence-corrected chi connectivity index (χ2v) is 27.0. The van der Waals surface area contributed by atoms with Gasteiger partial charge in [-0.1, -0.05) is 168 Å². The predicted molar refractivity (Wildman–Crippen MR) is 352 cm³/mol. The van der Waals surface area contributed by atoms with Crippen molar-refractivity contribution in [3.05, 3.63) is 213 Å². The van der Waals surface area contributed by atoms with E-state index < -0.39 is 0 Å². The fourth-order valence-corrected chi connectivity index (χ4v) is 11.6. The average molecular weight is 1160 g/mol. The zero-order valence-electron chi connectivity index (χ0n) is 53.5. The van der Waals surface area contributed by atoms with Gasteiger partial charge in [0.2, 0.25) is 0 Å². The molecule has 1 aliphatic carbocycles. The Morgan fingerprint density at radius 2 is 1.07 bits per heavy atom. The smallest absolute Gasteiger partial charge is 0.306 e. The van der Waals surface area contributed by atoms with Gasteiger partial charge in [0, 0.05) is 60.2 Å². The molecule has 1 heterocycles. The molecule has 86 heavy (non-hydrogen) atoms. The van der Waals surface area contributed by atoms with E-state index in [2.05, 4.69) is 208 Å². The summed E-state index contributed by atoms with van der Waals surface area (Å²) in [4.78, 5) is 28.9. The molecule has 0 unspecified atom stereocenters. The van der Waals surface area contributed by atoms with Crippen LogP contribution >= 0.6 is 0 Å². The minimum Gasteiger partial charge on any atom is -0.507 e. The number of hydrogen-bond acceptors (Lipinski definition) is 7. The van der Waals surface area contributed by atoms with Gasteiger partial charge in [-0.25, -0.2) is 8.97 Å². The third kappa shape index (κ3) is 15.3. The summed E-state index contributed by atoms with van der Waals surface area (Å²) in [6.07, 6.45) is 10.1. The molecule has 0 saturated carbocycles. The first kappa shape index (κ1) is 64.0. The highest BCUT2D eigenvalue weighted by Crippen LogP contribution is 2.45. The number of aromatic hydroxyl groups is 2. The van der Waals surface area contributed by atoms with Crippen LogP contribution in [0.3, 0.4) is 0 Å². The maximum atomic E-state index is 14.9. The number of carbonyl (C=O) groups is 2. The van der Waals surface area contributed by atoms with Crippen LogP contribution in [0.5, 0.6) is 11.5 Å². The van der Waals surface area contributed by atoms with Crippen LogP contribution in [0.15, 0.2) is 157 Å². The van der Waals surface area contributed by atoms with Crippen molar-refractivity contribution in [1.29, 1.82) is 0 Å². The van der Waals surface area contributed by atoms with Gasteiger partial charge in [-0.3, -0.25) is 9.59 Å². The van der Waals surface area contributed by atoms with Gasteiger partial charge in [0.25, 0.3) is 0 Å². The second kappa shape index (κ2) is 26.7. The van der Waals surface area contributed by atoms with Gasteiger partial charge in [-0.15, -0.1) is 0 Å². The molecular formula is C76H91FN3O6+. The molecule has 6 aromatic carbocycles. The fraction of sp³-hybridized carbons (Fsp3) is 0.382. The van der Waals surface area contributed by atoms with Crippen molar-refractivity contribution in [2.75, 3.05) is 44.3 Å². The number of nitrogens with zero attached hydrogens (tertiary/aromatic N) is 3. The number of ether oxygens (including phenoxy) is 2. The normalized spacial score (nSPS) is 12.9. The molecule has 0 bridgehead atoms. The first-order valence-corrected chi connectivity index (χ1v) is 30.7. The number of phenolic OH excluding ortho intramolecular Hbond substituents is 2. The molecule has 0 radical (unpaired) electrons. The molecule has 0 spiro atoms. The number of phenols is 2. The molecule has 10 heteroatoms. The zero-order valence-corrected chi connectivity index (χ0v) is 53.5. The van der Waals surface area contributed by atoms with Gasteiger partial charge in [0.05, 0.1) is 12.2 Å². The Labute approximate surface area is 511 Å². The van der Waals surface area contributed by atoms with E-state index in [-0.39, 0.29) is 65.5 Å². The van der Waals surface area contributed by atoms with Crippen molar-refractivity contribution < 1.29 is 38.2 Å². The summed E-state index contributed by atoms with van der Waals surface area (Å²) >= 11 is 0. The number of benzene rings is 6. The molecule has 452 valence electrons. The number of carbonyl (C=O) groups excluding carboxylic acids is 2. The highest BCUT2D eigenvalue weighted by atomic mass is 19.1. The van der Waals surface area contributed by atoms with Crippen LogP contribution in [-0.4, -0.2) is 76.4 Å². The van der Waals surface area contributed by atoms with Gasteiger partial charge in [0.1, 0.15) is 37.1 Å². The van der Waals surface area contributed by atoms with Crippen molar-refractivity contribution in [1.82, 2.24) is 4.57 Å². The third-order valence-corrected chi connectivity index (χ3v) is 16.4. The monoisotopic (exact) mass is 1160 g/mol. The lowest BCUT2D eigenvalue weighted by Crippen LogP contribution is -2.28. The van der Waals surface area contributed by atoms with Crippen LogP contribution in [0, 0.1) is 5.82 Å². The zero-order chi connectivity index (χ0) is 62.3. The molecule has 9 nitrogen and oxygen atoms in total. The molecule has 2 N–H and O–H groups in total. The van der Waals surface area contributed by atoms with E-state index in [1.54, 1.807) is 0 Å². The van der Waals surface area contributed by atoms with Gasteiger partial charge in [-0.05, 0) is 164 Å². The second-order valence-electron chi connectivity index (χ2n) is 27.0. The summed E-state index contributed by atoms with van der Waals surface area (Å²) in [5.41, 5.74) is 14.5. The topological polar surface area (TPSA) is 104 Å². The molecular weight excluding hydrogens is 1070 g/mol. The Hall–Kier alpha value is -7.98. The largest absolute Gasteiger partial charge is 0.507 e. The average Bonchev–Trinajstić information content (AvgIpc) is 1.84. The van der Waals surface area contributed by atoms with Crippen LogP contribution < -0.4 is 4.90 Å². The Balaban J connectivity index is 1.07. The van der Waals surface area contributed by atoms with Gasteiger partial charge < -0.3 is 29.2 Å². The first-order chi connectivity index (χ1) is 40.7. The number of aromatic nitrogens is 1. The molecule has 1 aliphatic rings. The van der Waals surface area contributed by atoms with E-state index in [9.17, 15) is 24.2 Å². The number of anilines is 1. The summed E-state index contributed by atoms with van der Waals surface area (Å²) < 4.78 is 31.2. The highest BCUT2D eigenvalue weighted by molar-refractivity contribution is 6.08. The molecule has 0 amide bonds. The number of fused-ring (bicyclic) bond motifs is 1. The third-order valence-electron chi connectivity index (χ3n) is 16.4. The van der Waals surface area contributed by atoms with Crippen molar-refractivity contribution >= 4 is 39.8 Å². The van der Waals surface area contributed by atoms with Crippen LogP contribution in [-0.2, 0) is 60.1 Å². The van der Waals surface area contributed by atoms with Crippen molar-refractivity contribution in [3.8, 4) is 22.8 Å². The minimum absolute atomic E-state index is 0.228. The summed E-state index contributed by atoms with van der Waals surface area (Å²) in [6, 6.07) is 42.4. The minimum atomic E-state index is -0.307. The number of esters is 2. The fourth-order valence-electron chi connectivity index (χ4n) is 11.6. The number of hydrogen-bond donors (Lipinski definition) is 2. The number of allylic oxidation sites excluding steroid dienone is 5. The van der Waals surface area contributed by atoms with Gasteiger partial charge in [-0.2, -0.15) is 0 Å². The van der Waals surface area contributed by atoms with Crippen molar-refractivity contribution in [2.45, 2.75) is 151 Å². The van der Waals surface area contributed by atoms with Crippen LogP contribution in [0.1, 0.15) is 160 Å². The predicted octanol–water partition coefficient (Wildman–Crippen LogP) is 16.7. The Bertz CT molecular complexity index is 3600. The van der Waals surface area contributed by atoms with Crippen molar-refractivity contribution in [2.24, 2.45) is 0 Å². The van der Waals surface area contributed by atoms with E-state index in [0.29, 0.717) is 57.1 Å². The number of halogens is 1. The van der Waals surface area contributed by atoms with E-state index in [4.69, 9.17) is 9.47 Å². The van der Waals surface area contributed by atoms with E-state index >= 15 is 0 Å². The molecule has 8 rings (SSSR count). The summed E-state index contributed by atoms with van der Waals surface area (Å²) in [5.74, 6) is -0.181. The number of likely N-dealkylation sites (N-methyl/N-ethyl adjacent to an activating group) is 2. The Morgan fingerprint density at radius 3 is 1.56 bits per heavy atom.